The van der Waals surface area contributed by atoms with Crippen molar-refractivity contribution >= 4 is 40.5 Å². The average molecular weight is 381 g/mol. The molecule has 9 heteroatoms. The Hall–Kier alpha value is -2.06. The first-order chi connectivity index (χ1) is 12.1. The second-order valence-electron chi connectivity index (χ2n) is 5.72. The minimum atomic E-state index is 0.0454. The fourth-order valence-electron chi connectivity index (χ4n) is 2.69. The Morgan fingerprint density at radius 3 is 2.88 bits per heavy atom. The highest BCUT2D eigenvalue weighted by atomic mass is 35.5. The van der Waals surface area contributed by atoms with Crippen molar-refractivity contribution in [1.29, 1.82) is 0 Å². The van der Waals surface area contributed by atoms with E-state index in [1.807, 2.05) is 37.2 Å². The van der Waals surface area contributed by atoms with Gasteiger partial charge in [0.1, 0.15) is 6.54 Å². The van der Waals surface area contributed by atoms with E-state index in [0.29, 0.717) is 19.6 Å². The van der Waals surface area contributed by atoms with Crippen LogP contribution in [0.5, 0.6) is 0 Å². The molecule has 0 atom stereocenters. The molecule has 0 unspecified atom stereocenters. The molecule has 25 heavy (non-hydrogen) atoms. The maximum absolute atomic E-state index is 12.5. The lowest BCUT2D eigenvalue weighted by atomic mass is 10.3. The van der Waals surface area contributed by atoms with E-state index in [0.717, 1.165) is 33.9 Å². The van der Waals surface area contributed by atoms with Crippen molar-refractivity contribution in [2.45, 2.75) is 13.5 Å². The number of carbonyl (C=O) groups is 1. The second-order valence-corrected chi connectivity index (χ2v) is 7.51. The van der Waals surface area contributed by atoms with Crippen LogP contribution in [0.4, 0.5) is 5.69 Å². The van der Waals surface area contributed by atoms with Crippen LogP contribution in [0.1, 0.15) is 11.8 Å². The minimum absolute atomic E-state index is 0.0454. The fraction of sp³-hybridized carbons (Fsp3) is 0.438. The predicted octanol–water partition coefficient (Wildman–Crippen LogP) is 1.95. The quantitative estimate of drug-likeness (QED) is 0.650. The number of aryl methyl sites for hydroxylation is 1. The molecule has 0 saturated carbocycles. The molecule has 0 spiro atoms. The van der Waals surface area contributed by atoms with Crippen molar-refractivity contribution in [2.75, 3.05) is 31.1 Å². The summed E-state index contributed by atoms with van der Waals surface area (Å²) >= 11 is 7.49. The first-order valence-corrected chi connectivity index (χ1v) is 9.32. The highest BCUT2D eigenvalue weighted by Crippen LogP contribution is 2.22. The third kappa shape index (κ3) is 4.32. The largest absolute Gasteiger partial charge is 0.356 e. The maximum atomic E-state index is 12.5. The lowest BCUT2D eigenvalue weighted by Crippen LogP contribution is -2.55. The predicted molar refractivity (Wildman–Crippen MR) is 101 cm³/mol. The number of halogens is 1. The molecule has 3 heterocycles. The number of carbonyl (C=O) groups excluding carboxylic acids is 1. The zero-order chi connectivity index (χ0) is 17.8. The first-order valence-electron chi connectivity index (χ1n) is 8.13. The van der Waals surface area contributed by atoms with Crippen molar-refractivity contribution in [3.05, 3.63) is 33.7 Å². The summed E-state index contributed by atoms with van der Waals surface area (Å²) in [6.45, 7) is 4.95. The minimum Gasteiger partial charge on any atom is -0.356 e. The van der Waals surface area contributed by atoms with Gasteiger partial charge in [-0.05, 0) is 19.1 Å². The first kappa shape index (κ1) is 17.8. The summed E-state index contributed by atoms with van der Waals surface area (Å²) in [6, 6.07) is 3.85. The Bertz CT molecular complexity index is 770. The lowest BCUT2D eigenvalue weighted by Gasteiger charge is -2.35. The molecule has 0 aromatic carbocycles. The van der Waals surface area contributed by atoms with Crippen LogP contribution >= 0.6 is 22.9 Å². The van der Waals surface area contributed by atoms with E-state index in [4.69, 9.17) is 11.6 Å². The van der Waals surface area contributed by atoms with Crippen LogP contribution in [0.3, 0.4) is 0 Å². The van der Waals surface area contributed by atoms with Crippen molar-refractivity contribution < 1.29 is 4.79 Å². The number of guanidine groups is 1. The normalized spacial score (nSPS) is 15.8. The number of amides is 1. The van der Waals surface area contributed by atoms with E-state index in [9.17, 15) is 4.79 Å². The maximum Gasteiger partial charge on any atom is 0.246 e. The number of nitrogens with zero attached hydrogens (tertiary/aromatic N) is 5. The van der Waals surface area contributed by atoms with Crippen LogP contribution in [0.2, 0.25) is 4.34 Å². The molecule has 2 aromatic heterocycles. The highest BCUT2D eigenvalue weighted by molar-refractivity contribution is 7.16. The van der Waals surface area contributed by atoms with E-state index < -0.39 is 0 Å². The summed E-state index contributed by atoms with van der Waals surface area (Å²) < 4.78 is 2.46. The molecule has 3 rings (SSSR count). The monoisotopic (exact) mass is 380 g/mol. The molecule has 7 nitrogen and oxygen atoms in total. The second kappa shape index (κ2) is 7.88. The Balaban J connectivity index is 1.67. The molecule has 2 aromatic rings. The molecule has 134 valence electrons. The third-order valence-electron chi connectivity index (χ3n) is 3.87. The van der Waals surface area contributed by atoms with E-state index in [-0.39, 0.29) is 5.91 Å². The molecule has 1 aliphatic rings. The van der Waals surface area contributed by atoms with Gasteiger partial charge in [0.05, 0.1) is 22.8 Å². The number of aromatic nitrogens is 2. The molecule has 1 amide bonds. The van der Waals surface area contributed by atoms with Crippen molar-refractivity contribution in [2.24, 2.45) is 12.0 Å². The number of hydrogen-bond acceptors (Lipinski definition) is 4. The van der Waals surface area contributed by atoms with Crippen LogP contribution in [0.15, 0.2) is 29.5 Å². The Morgan fingerprint density at radius 1 is 1.44 bits per heavy atom. The molecular formula is C16H21ClN6OS. The van der Waals surface area contributed by atoms with Gasteiger partial charge in [-0.2, -0.15) is 5.10 Å². The number of hydrogen-bond donors (Lipinski definition) is 1. The zero-order valence-corrected chi connectivity index (χ0v) is 15.8. The Morgan fingerprint density at radius 2 is 2.28 bits per heavy atom. The number of anilines is 1. The number of thiophene rings is 1. The van der Waals surface area contributed by atoms with E-state index in [1.54, 1.807) is 15.8 Å². The molecule has 0 bridgehead atoms. The van der Waals surface area contributed by atoms with Gasteiger partial charge in [-0.25, -0.2) is 4.99 Å². The summed E-state index contributed by atoms with van der Waals surface area (Å²) in [5.41, 5.74) is 0.835. The van der Waals surface area contributed by atoms with Gasteiger partial charge >= 0.3 is 0 Å². The summed E-state index contributed by atoms with van der Waals surface area (Å²) in [4.78, 5) is 22.1. The zero-order valence-electron chi connectivity index (χ0n) is 14.3. The van der Waals surface area contributed by atoms with E-state index in [1.165, 1.54) is 11.3 Å². The molecule has 1 saturated heterocycles. The molecule has 0 aliphatic carbocycles. The highest BCUT2D eigenvalue weighted by Gasteiger charge is 2.27. The summed E-state index contributed by atoms with van der Waals surface area (Å²) in [5.74, 6) is 0.801. The molecule has 1 aliphatic heterocycles. The summed E-state index contributed by atoms with van der Waals surface area (Å²) in [5, 5.41) is 7.41. The van der Waals surface area contributed by atoms with Gasteiger partial charge in [0, 0.05) is 37.8 Å². The molecule has 1 N–H and O–H groups in total. The molecular weight excluding hydrogens is 360 g/mol. The van der Waals surface area contributed by atoms with Gasteiger partial charge in [0.25, 0.3) is 0 Å². The van der Waals surface area contributed by atoms with Crippen LogP contribution in [-0.2, 0) is 18.4 Å². The van der Waals surface area contributed by atoms with Gasteiger partial charge < -0.3 is 15.1 Å². The molecule has 1 fully saturated rings. The Labute approximate surface area is 155 Å². The standard InChI is InChI=1S/C16H21ClN6OS/c1-3-18-16(19-9-13-4-5-14(17)25-13)22-6-7-23(15(24)11-22)12-8-20-21(2)10-12/h4-5,8,10H,3,6-7,9,11H2,1-2H3,(H,18,19). The van der Waals surface area contributed by atoms with Crippen molar-refractivity contribution in [3.8, 4) is 0 Å². The summed E-state index contributed by atoms with van der Waals surface area (Å²) in [6.07, 6.45) is 3.57. The summed E-state index contributed by atoms with van der Waals surface area (Å²) in [7, 11) is 1.84. The number of rotatable bonds is 4. The van der Waals surface area contributed by atoms with Crippen LogP contribution < -0.4 is 10.2 Å². The van der Waals surface area contributed by atoms with E-state index >= 15 is 0 Å². The number of piperazine rings is 1. The average Bonchev–Trinajstić information content (AvgIpc) is 3.19. The third-order valence-corrected chi connectivity index (χ3v) is 5.09. The van der Waals surface area contributed by atoms with Crippen LogP contribution in [0.25, 0.3) is 0 Å². The van der Waals surface area contributed by atoms with Crippen molar-refractivity contribution in [3.63, 3.8) is 0 Å². The smallest absolute Gasteiger partial charge is 0.246 e. The molecule has 0 radical (unpaired) electrons. The van der Waals surface area contributed by atoms with Gasteiger partial charge in [0.15, 0.2) is 5.96 Å². The number of aliphatic imine (C=N–C) groups is 1. The van der Waals surface area contributed by atoms with Gasteiger partial charge in [-0.3, -0.25) is 9.48 Å². The lowest BCUT2D eigenvalue weighted by molar-refractivity contribution is -0.120. The van der Waals surface area contributed by atoms with Crippen LogP contribution in [0, 0.1) is 0 Å². The van der Waals surface area contributed by atoms with Gasteiger partial charge in [0.2, 0.25) is 5.91 Å². The van der Waals surface area contributed by atoms with Gasteiger partial charge in [-0.15, -0.1) is 11.3 Å². The topological polar surface area (TPSA) is 65.8 Å². The SMILES string of the molecule is CCNC(=NCc1ccc(Cl)s1)N1CCN(c2cnn(C)c2)C(=O)C1. The van der Waals surface area contributed by atoms with Crippen molar-refractivity contribution in [1.82, 2.24) is 20.0 Å². The number of nitrogens with one attached hydrogen (secondary N) is 1. The van der Waals surface area contributed by atoms with E-state index in [2.05, 4.69) is 15.4 Å². The van der Waals surface area contributed by atoms with Gasteiger partial charge in [-0.1, -0.05) is 11.6 Å². The fourth-order valence-corrected chi connectivity index (χ4v) is 3.70. The Kier molecular flexibility index (Phi) is 5.60. The van der Waals surface area contributed by atoms with Crippen LogP contribution in [-0.4, -0.2) is 52.7 Å².